The second-order valence-corrected chi connectivity index (χ2v) is 6.26. The van der Waals surface area contributed by atoms with Crippen LogP contribution in [0.3, 0.4) is 0 Å². The van der Waals surface area contributed by atoms with E-state index in [0.29, 0.717) is 13.1 Å². The smallest absolute Gasteiger partial charge is 0.311 e. The molecule has 1 aliphatic heterocycles. The van der Waals surface area contributed by atoms with Crippen LogP contribution < -0.4 is 10.6 Å². The highest BCUT2D eigenvalue weighted by atomic mass is 32.1. The van der Waals surface area contributed by atoms with Crippen molar-refractivity contribution in [3.63, 3.8) is 0 Å². The third kappa shape index (κ3) is 2.71. The number of amides is 2. The number of thiophene rings is 1. The van der Waals surface area contributed by atoms with Crippen LogP contribution in [0.25, 0.3) is 0 Å². The Hall–Kier alpha value is -1.40. The molecule has 20 heavy (non-hydrogen) atoms. The van der Waals surface area contributed by atoms with Gasteiger partial charge in [0.05, 0.1) is 6.04 Å². The Balaban J connectivity index is 1.63. The Kier molecular flexibility index (Phi) is 4.03. The van der Waals surface area contributed by atoms with Gasteiger partial charge in [-0.05, 0) is 36.3 Å². The largest absolute Gasteiger partial charge is 0.341 e. The van der Waals surface area contributed by atoms with E-state index < -0.39 is 11.8 Å². The Morgan fingerprint density at radius 3 is 2.95 bits per heavy atom. The van der Waals surface area contributed by atoms with E-state index in [2.05, 4.69) is 22.1 Å². The molecule has 3 rings (SSSR count). The molecular formula is C14H19N3O2S. The second kappa shape index (κ2) is 5.93. The van der Waals surface area contributed by atoms with E-state index in [4.69, 9.17) is 0 Å². The molecule has 1 atom stereocenters. The zero-order valence-electron chi connectivity index (χ0n) is 11.4. The fraction of sp³-hybridized carbons (Fsp3) is 0.571. The number of nitrogens with zero attached hydrogens (tertiary/aromatic N) is 1. The van der Waals surface area contributed by atoms with Gasteiger partial charge in [0.15, 0.2) is 0 Å². The topological polar surface area (TPSA) is 61.4 Å². The van der Waals surface area contributed by atoms with Crippen LogP contribution in [0, 0.1) is 0 Å². The van der Waals surface area contributed by atoms with Gasteiger partial charge in [0.2, 0.25) is 0 Å². The van der Waals surface area contributed by atoms with Gasteiger partial charge in [-0.25, -0.2) is 0 Å². The van der Waals surface area contributed by atoms with E-state index in [-0.39, 0.29) is 6.04 Å². The van der Waals surface area contributed by atoms with Crippen molar-refractivity contribution >= 4 is 23.2 Å². The molecule has 1 aromatic rings. The van der Waals surface area contributed by atoms with E-state index in [9.17, 15) is 9.59 Å². The zero-order valence-corrected chi connectivity index (χ0v) is 12.2. The van der Waals surface area contributed by atoms with Crippen molar-refractivity contribution in [2.45, 2.75) is 25.3 Å². The normalized spacial score (nSPS) is 22.2. The predicted octanol–water partition coefficient (Wildman–Crippen LogP) is 0.673. The second-order valence-electron chi connectivity index (χ2n) is 5.26. The lowest BCUT2D eigenvalue weighted by molar-refractivity contribution is -0.146. The molecule has 0 radical (unpaired) electrons. The predicted molar refractivity (Wildman–Crippen MR) is 77.6 cm³/mol. The number of hydrogen-bond acceptors (Lipinski definition) is 4. The SMILES string of the molecule is O=C(NC1CCCc2sccc21)C(=O)N1CCNCC1. The van der Waals surface area contributed by atoms with Crippen LogP contribution in [-0.2, 0) is 16.0 Å². The van der Waals surface area contributed by atoms with Crippen LogP contribution in [0.1, 0.15) is 29.3 Å². The molecule has 1 aliphatic carbocycles. The quantitative estimate of drug-likeness (QED) is 0.748. The van der Waals surface area contributed by atoms with Crippen LogP contribution in [0.15, 0.2) is 11.4 Å². The number of carbonyl (C=O) groups excluding carboxylic acids is 2. The molecule has 1 saturated heterocycles. The number of rotatable bonds is 1. The number of nitrogens with one attached hydrogen (secondary N) is 2. The molecule has 108 valence electrons. The third-order valence-electron chi connectivity index (χ3n) is 3.96. The molecule has 1 fully saturated rings. The highest BCUT2D eigenvalue weighted by Crippen LogP contribution is 2.33. The van der Waals surface area contributed by atoms with Gasteiger partial charge >= 0.3 is 11.8 Å². The molecule has 2 heterocycles. The lowest BCUT2D eigenvalue weighted by Crippen LogP contribution is -2.51. The van der Waals surface area contributed by atoms with Crippen molar-refractivity contribution in [2.24, 2.45) is 0 Å². The van der Waals surface area contributed by atoms with Crippen molar-refractivity contribution in [1.29, 1.82) is 0 Å². The molecule has 0 saturated carbocycles. The summed E-state index contributed by atoms with van der Waals surface area (Å²) in [5.41, 5.74) is 1.20. The Labute approximate surface area is 122 Å². The monoisotopic (exact) mass is 293 g/mol. The summed E-state index contributed by atoms with van der Waals surface area (Å²) in [6.45, 7) is 2.75. The summed E-state index contributed by atoms with van der Waals surface area (Å²) in [6, 6.07) is 2.07. The first-order valence-electron chi connectivity index (χ1n) is 7.12. The molecule has 6 heteroatoms. The maximum absolute atomic E-state index is 12.1. The summed E-state index contributed by atoms with van der Waals surface area (Å²) in [4.78, 5) is 27.2. The van der Waals surface area contributed by atoms with Gasteiger partial charge in [-0.3, -0.25) is 9.59 Å². The van der Waals surface area contributed by atoms with Crippen LogP contribution in [0.5, 0.6) is 0 Å². The Morgan fingerprint density at radius 2 is 2.15 bits per heavy atom. The number of fused-ring (bicyclic) bond motifs is 1. The van der Waals surface area contributed by atoms with Crippen LogP contribution in [-0.4, -0.2) is 42.9 Å². The number of aryl methyl sites for hydroxylation is 1. The van der Waals surface area contributed by atoms with Crippen LogP contribution >= 0.6 is 11.3 Å². The Morgan fingerprint density at radius 1 is 1.35 bits per heavy atom. The molecule has 5 nitrogen and oxygen atoms in total. The van der Waals surface area contributed by atoms with Crippen LogP contribution in [0.2, 0.25) is 0 Å². The molecular weight excluding hydrogens is 274 g/mol. The maximum atomic E-state index is 12.1. The fourth-order valence-corrected chi connectivity index (χ4v) is 3.86. The summed E-state index contributed by atoms with van der Waals surface area (Å²) >= 11 is 1.74. The molecule has 0 bridgehead atoms. The summed E-state index contributed by atoms with van der Waals surface area (Å²) in [5, 5.41) is 8.15. The first-order chi connectivity index (χ1) is 9.75. The fourth-order valence-electron chi connectivity index (χ4n) is 2.87. The molecule has 1 aromatic heterocycles. The van der Waals surface area contributed by atoms with Gasteiger partial charge in [0.1, 0.15) is 0 Å². The average Bonchev–Trinajstić information content (AvgIpc) is 2.97. The Bertz CT molecular complexity index is 508. The van der Waals surface area contributed by atoms with Gasteiger partial charge in [0.25, 0.3) is 0 Å². The van der Waals surface area contributed by atoms with Gasteiger partial charge < -0.3 is 15.5 Å². The zero-order chi connectivity index (χ0) is 13.9. The number of carbonyl (C=O) groups is 2. The highest BCUT2D eigenvalue weighted by Gasteiger charge is 2.28. The van der Waals surface area contributed by atoms with Crippen LogP contribution in [0.4, 0.5) is 0 Å². The van der Waals surface area contributed by atoms with Crippen molar-refractivity contribution in [2.75, 3.05) is 26.2 Å². The van der Waals surface area contributed by atoms with E-state index in [1.807, 2.05) is 0 Å². The summed E-state index contributed by atoms with van der Waals surface area (Å²) < 4.78 is 0. The lowest BCUT2D eigenvalue weighted by Gasteiger charge is -2.28. The summed E-state index contributed by atoms with van der Waals surface area (Å²) in [6.07, 6.45) is 3.08. The standard InChI is InChI=1S/C14H19N3O2S/c18-13(14(19)17-7-5-15-6-8-17)16-11-2-1-3-12-10(11)4-9-20-12/h4,9,11,15H,1-3,5-8H2,(H,16,18). The summed E-state index contributed by atoms with van der Waals surface area (Å²) in [5.74, 6) is -0.857. The first-order valence-corrected chi connectivity index (χ1v) is 8.00. The minimum absolute atomic E-state index is 0.00404. The number of hydrogen-bond donors (Lipinski definition) is 2. The van der Waals surface area contributed by atoms with Crippen molar-refractivity contribution in [1.82, 2.24) is 15.5 Å². The average molecular weight is 293 g/mol. The molecule has 0 spiro atoms. The lowest BCUT2D eigenvalue weighted by atomic mass is 9.94. The molecule has 2 amide bonds. The van der Waals surface area contributed by atoms with E-state index >= 15 is 0 Å². The van der Waals surface area contributed by atoms with Crippen molar-refractivity contribution in [3.8, 4) is 0 Å². The maximum Gasteiger partial charge on any atom is 0.311 e. The van der Waals surface area contributed by atoms with Gasteiger partial charge in [-0.15, -0.1) is 11.3 Å². The van der Waals surface area contributed by atoms with E-state index in [1.165, 1.54) is 10.4 Å². The summed E-state index contributed by atoms with van der Waals surface area (Å²) in [7, 11) is 0. The van der Waals surface area contributed by atoms with Gasteiger partial charge in [0, 0.05) is 31.1 Å². The van der Waals surface area contributed by atoms with E-state index in [1.54, 1.807) is 16.2 Å². The molecule has 0 aromatic carbocycles. The van der Waals surface area contributed by atoms with Gasteiger partial charge in [-0.1, -0.05) is 0 Å². The molecule has 2 N–H and O–H groups in total. The molecule has 2 aliphatic rings. The first kappa shape index (κ1) is 13.6. The van der Waals surface area contributed by atoms with Crippen molar-refractivity contribution < 1.29 is 9.59 Å². The molecule has 1 unspecified atom stereocenters. The minimum Gasteiger partial charge on any atom is -0.341 e. The number of piperazine rings is 1. The van der Waals surface area contributed by atoms with E-state index in [0.717, 1.165) is 32.4 Å². The van der Waals surface area contributed by atoms with Gasteiger partial charge in [-0.2, -0.15) is 0 Å². The van der Waals surface area contributed by atoms with Crippen molar-refractivity contribution in [3.05, 3.63) is 21.9 Å². The third-order valence-corrected chi connectivity index (χ3v) is 4.95. The minimum atomic E-state index is -0.462. The highest BCUT2D eigenvalue weighted by molar-refractivity contribution is 7.10.